The molecule has 90 valence electrons. The Labute approximate surface area is 101 Å². The quantitative estimate of drug-likeness (QED) is 0.593. The van der Waals surface area contributed by atoms with Crippen molar-refractivity contribution in [3.8, 4) is 0 Å². The van der Waals surface area contributed by atoms with Gasteiger partial charge < -0.3 is 9.47 Å². The summed E-state index contributed by atoms with van der Waals surface area (Å²) in [6.45, 7) is 0. The summed E-state index contributed by atoms with van der Waals surface area (Å²) >= 11 is 0. The Morgan fingerprint density at radius 2 is 2.18 bits per heavy atom. The molecule has 0 radical (unpaired) electrons. The van der Waals surface area contributed by atoms with E-state index >= 15 is 0 Å². The molecule has 0 spiro atoms. The van der Waals surface area contributed by atoms with E-state index in [0.29, 0.717) is 6.42 Å². The maximum Gasteiger partial charge on any atom is 0.306 e. The summed E-state index contributed by atoms with van der Waals surface area (Å²) in [5.41, 5.74) is 3.62. The van der Waals surface area contributed by atoms with Crippen molar-refractivity contribution in [3.63, 3.8) is 0 Å². The third-order valence-electron chi connectivity index (χ3n) is 3.14. The Hall–Kier alpha value is -1.77. The summed E-state index contributed by atoms with van der Waals surface area (Å²) < 4.78 is 9.83. The van der Waals surface area contributed by atoms with Gasteiger partial charge in [0.25, 0.3) is 0 Å². The third kappa shape index (κ3) is 2.33. The fourth-order valence-corrected chi connectivity index (χ4v) is 2.34. The van der Waals surface area contributed by atoms with Gasteiger partial charge in [-0.15, -0.1) is 0 Å². The van der Waals surface area contributed by atoms with Gasteiger partial charge in [0.2, 0.25) is 0 Å². The highest BCUT2D eigenvalue weighted by molar-refractivity contribution is 5.72. The first-order valence-corrected chi connectivity index (χ1v) is 5.62. The minimum Gasteiger partial charge on any atom is -0.504 e. The van der Waals surface area contributed by atoms with E-state index in [1.807, 2.05) is 12.1 Å². The zero-order chi connectivity index (χ0) is 12.3. The van der Waals surface area contributed by atoms with Crippen molar-refractivity contribution in [1.82, 2.24) is 0 Å². The van der Waals surface area contributed by atoms with Gasteiger partial charge in [-0.05, 0) is 23.1 Å². The first kappa shape index (κ1) is 11.7. The number of rotatable bonds is 3. The van der Waals surface area contributed by atoms with E-state index in [-0.39, 0.29) is 11.9 Å². The Morgan fingerprint density at radius 3 is 2.88 bits per heavy atom. The van der Waals surface area contributed by atoms with Gasteiger partial charge in [0.1, 0.15) is 0 Å². The van der Waals surface area contributed by atoms with Gasteiger partial charge in [0.05, 0.1) is 26.9 Å². The Balaban J connectivity index is 2.30. The summed E-state index contributed by atoms with van der Waals surface area (Å²) in [7, 11) is 3.05. The first-order chi connectivity index (χ1) is 8.26. The summed E-state index contributed by atoms with van der Waals surface area (Å²) in [6, 6.07) is 8.18. The topological polar surface area (TPSA) is 35.5 Å². The SMILES string of the molecule is CO/C=C1\Cc2ccccc2C1CC(=O)OC. The van der Waals surface area contributed by atoms with Crippen molar-refractivity contribution in [1.29, 1.82) is 0 Å². The Bertz CT molecular complexity index is 449. The van der Waals surface area contributed by atoms with Crippen molar-refractivity contribution in [3.05, 3.63) is 47.2 Å². The van der Waals surface area contributed by atoms with Crippen molar-refractivity contribution in [2.45, 2.75) is 18.8 Å². The van der Waals surface area contributed by atoms with Crippen LogP contribution in [0.4, 0.5) is 0 Å². The predicted octanol–water partition coefficient (Wildman–Crippen LogP) is 2.42. The standard InChI is InChI=1S/C14H16O3/c1-16-9-11-7-10-5-3-4-6-12(10)13(11)8-14(15)17-2/h3-6,9,13H,7-8H2,1-2H3/b11-9+. The van der Waals surface area contributed by atoms with Crippen LogP contribution in [0, 0.1) is 0 Å². The number of carbonyl (C=O) groups is 1. The summed E-state index contributed by atoms with van der Waals surface area (Å²) in [5, 5.41) is 0. The van der Waals surface area contributed by atoms with E-state index in [1.165, 1.54) is 18.2 Å². The lowest BCUT2D eigenvalue weighted by Crippen LogP contribution is -2.08. The van der Waals surface area contributed by atoms with Crippen LogP contribution in [0.25, 0.3) is 0 Å². The van der Waals surface area contributed by atoms with Crippen LogP contribution in [0.5, 0.6) is 0 Å². The van der Waals surface area contributed by atoms with Gasteiger partial charge >= 0.3 is 5.97 Å². The number of carbonyl (C=O) groups excluding carboxylic acids is 1. The molecule has 0 N–H and O–H groups in total. The molecule has 1 aromatic carbocycles. The highest BCUT2D eigenvalue weighted by Gasteiger charge is 2.29. The molecule has 1 unspecified atom stereocenters. The monoisotopic (exact) mass is 232 g/mol. The normalized spacial score (nSPS) is 20.1. The van der Waals surface area contributed by atoms with Crippen LogP contribution in [0.1, 0.15) is 23.5 Å². The van der Waals surface area contributed by atoms with E-state index in [9.17, 15) is 4.79 Å². The molecule has 0 saturated heterocycles. The van der Waals surface area contributed by atoms with Crippen LogP contribution >= 0.6 is 0 Å². The molecule has 0 aromatic heterocycles. The highest BCUT2D eigenvalue weighted by atomic mass is 16.5. The van der Waals surface area contributed by atoms with Gasteiger partial charge in [-0.25, -0.2) is 0 Å². The molecular weight excluding hydrogens is 216 g/mol. The van der Waals surface area contributed by atoms with Crippen LogP contribution in [-0.4, -0.2) is 20.2 Å². The van der Waals surface area contributed by atoms with Crippen molar-refractivity contribution in [2.75, 3.05) is 14.2 Å². The highest BCUT2D eigenvalue weighted by Crippen LogP contribution is 2.39. The Morgan fingerprint density at radius 1 is 1.41 bits per heavy atom. The number of benzene rings is 1. The lowest BCUT2D eigenvalue weighted by atomic mass is 9.95. The van der Waals surface area contributed by atoms with E-state index in [1.54, 1.807) is 13.4 Å². The van der Waals surface area contributed by atoms with E-state index in [2.05, 4.69) is 12.1 Å². The van der Waals surface area contributed by atoms with E-state index in [4.69, 9.17) is 9.47 Å². The summed E-state index contributed by atoms with van der Waals surface area (Å²) in [4.78, 5) is 11.4. The first-order valence-electron chi connectivity index (χ1n) is 5.62. The van der Waals surface area contributed by atoms with Gasteiger partial charge in [-0.2, -0.15) is 0 Å². The van der Waals surface area contributed by atoms with Crippen molar-refractivity contribution < 1.29 is 14.3 Å². The third-order valence-corrected chi connectivity index (χ3v) is 3.14. The molecule has 2 rings (SSSR count). The summed E-state index contributed by atoms with van der Waals surface area (Å²) in [5.74, 6) is -0.0905. The van der Waals surface area contributed by atoms with Gasteiger partial charge in [0.15, 0.2) is 0 Å². The van der Waals surface area contributed by atoms with Crippen LogP contribution < -0.4 is 0 Å². The molecule has 1 aliphatic carbocycles. The molecule has 0 amide bonds. The fourth-order valence-electron chi connectivity index (χ4n) is 2.34. The fraction of sp³-hybridized carbons (Fsp3) is 0.357. The van der Waals surface area contributed by atoms with Crippen LogP contribution in [0.15, 0.2) is 36.1 Å². The number of esters is 1. The molecule has 0 fully saturated rings. The molecule has 0 bridgehead atoms. The molecule has 1 aliphatic rings. The second-order valence-corrected chi connectivity index (χ2v) is 4.14. The predicted molar refractivity (Wildman–Crippen MR) is 64.6 cm³/mol. The van der Waals surface area contributed by atoms with Crippen molar-refractivity contribution in [2.24, 2.45) is 0 Å². The molecule has 3 nitrogen and oxygen atoms in total. The van der Waals surface area contributed by atoms with Crippen LogP contribution in [-0.2, 0) is 20.7 Å². The molecule has 3 heteroatoms. The minimum absolute atomic E-state index is 0.0959. The zero-order valence-corrected chi connectivity index (χ0v) is 10.1. The lowest BCUT2D eigenvalue weighted by Gasteiger charge is -2.12. The van der Waals surface area contributed by atoms with Gasteiger partial charge in [-0.1, -0.05) is 24.3 Å². The number of fused-ring (bicyclic) bond motifs is 1. The maximum atomic E-state index is 11.4. The van der Waals surface area contributed by atoms with E-state index < -0.39 is 0 Å². The molecule has 1 atom stereocenters. The molecule has 0 saturated carbocycles. The molecule has 0 aliphatic heterocycles. The smallest absolute Gasteiger partial charge is 0.306 e. The number of ether oxygens (including phenoxy) is 2. The zero-order valence-electron chi connectivity index (χ0n) is 10.1. The summed E-state index contributed by atoms with van der Waals surface area (Å²) in [6.07, 6.45) is 2.97. The number of hydrogen-bond donors (Lipinski definition) is 0. The molecule has 0 heterocycles. The van der Waals surface area contributed by atoms with Gasteiger partial charge in [-0.3, -0.25) is 4.79 Å². The maximum absolute atomic E-state index is 11.4. The largest absolute Gasteiger partial charge is 0.504 e. The van der Waals surface area contributed by atoms with E-state index in [0.717, 1.165) is 12.0 Å². The second kappa shape index (κ2) is 5.04. The average molecular weight is 232 g/mol. The average Bonchev–Trinajstić information content (AvgIpc) is 2.68. The number of hydrogen-bond acceptors (Lipinski definition) is 3. The van der Waals surface area contributed by atoms with Crippen LogP contribution in [0.3, 0.4) is 0 Å². The second-order valence-electron chi connectivity index (χ2n) is 4.14. The molecule has 1 aromatic rings. The Kier molecular flexibility index (Phi) is 3.47. The van der Waals surface area contributed by atoms with Crippen molar-refractivity contribution >= 4 is 5.97 Å². The molecular formula is C14H16O3. The number of allylic oxidation sites excluding steroid dienone is 1. The van der Waals surface area contributed by atoms with Crippen LogP contribution in [0.2, 0.25) is 0 Å². The minimum atomic E-state index is -0.186. The van der Waals surface area contributed by atoms with Gasteiger partial charge in [0, 0.05) is 5.92 Å². The molecule has 17 heavy (non-hydrogen) atoms. The number of methoxy groups -OCH3 is 2. The lowest BCUT2D eigenvalue weighted by molar-refractivity contribution is -0.140.